The van der Waals surface area contributed by atoms with Crippen LogP contribution >= 0.6 is 0 Å². The van der Waals surface area contributed by atoms with Crippen LogP contribution in [0.4, 0.5) is 0 Å². The molecule has 0 saturated heterocycles. The number of rotatable bonds is 4. The van der Waals surface area contributed by atoms with E-state index in [1.165, 1.54) is 30.3 Å². The SMILES string of the molecule is O=C(OOC(=O)C(O)c1ccccc1)C(O)c1[c-]c[c-]cc1.[Fe+2]. The Labute approximate surface area is 143 Å². The Kier molecular flexibility index (Phi) is 7.44. The van der Waals surface area contributed by atoms with Crippen LogP contribution in [0.25, 0.3) is 0 Å². The summed E-state index contributed by atoms with van der Waals surface area (Å²) in [7, 11) is 0. The van der Waals surface area contributed by atoms with Crippen LogP contribution in [0.5, 0.6) is 0 Å². The molecule has 0 heterocycles. The maximum atomic E-state index is 11.6. The molecule has 0 aliphatic rings. The van der Waals surface area contributed by atoms with Gasteiger partial charge in [0.05, 0.1) is 0 Å². The van der Waals surface area contributed by atoms with Gasteiger partial charge >= 0.3 is 29.0 Å². The Morgan fingerprint density at radius 1 is 0.957 bits per heavy atom. The molecular weight excluding hydrogens is 344 g/mol. The molecule has 0 spiro atoms. The zero-order valence-electron chi connectivity index (χ0n) is 11.7. The molecular formula is C16H12FeO6. The van der Waals surface area contributed by atoms with Gasteiger partial charge in [0.1, 0.15) is 6.10 Å². The van der Waals surface area contributed by atoms with E-state index in [4.69, 9.17) is 0 Å². The van der Waals surface area contributed by atoms with Crippen molar-refractivity contribution in [1.82, 2.24) is 0 Å². The molecule has 23 heavy (non-hydrogen) atoms. The number of aliphatic hydroxyl groups excluding tert-OH is 2. The van der Waals surface area contributed by atoms with E-state index in [0.29, 0.717) is 0 Å². The summed E-state index contributed by atoms with van der Waals surface area (Å²) in [5.41, 5.74) is 0.430. The fourth-order valence-corrected chi connectivity index (χ4v) is 1.60. The predicted molar refractivity (Wildman–Crippen MR) is 72.7 cm³/mol. The van der Waals surface area contributed by atoms with Crippen LogP contribution in [0.3, 0.4) is 0 Å². The number of carbonyl (C=O) groups is 2. The molecule has 0 aliphatic carbocycles. The molecule has 7 heteroatoms. The van der Waals surface area contributed by atoms with Gasteiger partial charge in [-0.25, -0.2) is 24.9 Å². The van der Waals surface area contributed by atoms with Crippen LogP contribution in [0.15, 0.2) is 48.5 Å². The summed E-state index contributed by atoms with van der Waals surface area (Å²) in [6.07, 6.45) is -3.25. The summed E-state index contributed by atoms with van der Waals surface area (Å²) >= 11 is 0. The first-order valence-corrected chi connectivity index (χ1v) is 6.30. The van der Waals surface area contributed by atoms with Gasteiger partial charge < -0.3 is 28.4 Å². The Morgan fingerprint density at radius 3 is 2.13 bits per heavy atom. The normalized spacial score (nSPS) is 12.4. The van der Waals surface area contributed by atoms with E-state index in [9.17, 15) is 19.8 Å². The van der Waals surface area contributed by atoms with Crippen molar-refractivity contribution in [2.75, 3.05) is 0 Å². The minimum atomic E-state index is -1.66. The van der Waals surface area contributed by atoms with Crippen molar-refractivity contribution in [3.8, 4) is 0 Å². The molecule has 2 rings (SSSR count). The third kappa shape index (κ3) is 5.19. The van der Waals surface area contributed by atoms with Crippen molar-refractivity contribution >= 4 is 11.9 Å². The van der Waals surface area contributed by atoms with E-state index >= 15 is 0 Å². The van der Waals surface area contributed by atoms with E-state index in [1.807, 2.05) is 0 Å². The van der Waals surface area contributed by atoms with E-state index in [-0.39, 0.29) is 28.2 Å². The largest absolute Gasteiger partial charge is 2.00 e. The molecule has 6 nitrogen and oxygen atoms in total. The van der Waals surface area contributed by atoms with E-state index in [0.717, 1.165) is 0 Å². The molecule has 0 bridgehead atoms. The van der Waals surface area contributed by atoms with Crippen molar-refractivity contribution in [3.63, 3.8) is 0 Å². The monoisotopic (exact) mass is 356 g/mol. The number of aliphatic hydroxyl groups is 2. The van der Waals surface area contributed by atoms with Gasteiger partial charge in [0.25, 0.3) is 0 Å². The second-order valence-electron chi connectivity index (χ2n) is 4.26. The second kappa shape index (κ2) is 9.07. The fraction of sp³-hybridized carbons (Fsp3) is 0.125. The van der Waals surface area contributed by atoms with Crippen LogP contribution < -0.4 is 0 Å². The summed E-state index contributed by atoms with van der Waals surface area (Å²) in [5, 5.41) is 19.4. The zero-order valence-corrected chi connectivity index (χ0v) is 12.8. The molecule has 2 aromatic carbocycles. The topological polar surface area (TPSA) is 93.1 Å². The molecule has 0 amide bonds. The molecule has 2 unspecified atom stereocenters. The standard InChI is InChI=1S/C16H12O6.Fe/c17-13(11-7-3-1-4-8-11)15(19)21-22-16(20)14(18)12-9-5-2-6-10-12;/h1,3-9,13-14,17-18H;/q-2;+2. The van der Waals surface area contributed by atoms with Crippen LogP contribution in [0, 0.1) is 12.1 Å². The summed E-state index contributed by atoms with van der Waals surface area (Å²) in [6.45, 7) is 0. The van der Waals surface area contributed by atoms with Crippen molar-refractivity contribution < 1.29 is 46.6 Å². The van der Waals surface area contributed by atoms with E-state index in [1.54, 1.807) is 18.2 Å². The van der Waals surface area contributed by atoms with Gasteiger partial charge in [-0.15, -0.1) is 0 Å². The van der Waals surface area contributed by atoms with Gasteiger partial charge in [0, 0.05) is 0 Å². The van der Waals surface area contributed by atoms with Crippen molar-refractivity contribution in [1.29, 1.82) is 0 Å². The third-order valence-electron chi connectivity index (χ3n) is 2.74. The Bertz CT molecular complexity index is 574. The minimum absolute atomic E-state index is 0. The van der Waals surface area contributed by atoms with E-state index < -0.39 is 24.1 Å². The molecule has 0 aliphatic heterocycles. The summed E-state index contributed by atoms with van der Waals surface area (Å²) in [5.74, 6) is -2.37. The second-order valence-corrected chi connectivity index (χ2v) is 4.26. The Morgan fingerprint density at radius 2 is 1.57 bits per heavy atom. The predicted octanol–water partition coefficient (Wildman–Crippen LogP) is 1.05. The number of hydrogen-bond donors (Lipinski definition) is 2. The van der Waals surface area contributed by atoms with Gasteiger partial charge in [-0.1, -0.05) is 30.3 Å². The summed E-state index contributed by atoms with van der Waals surface area (Å²) in [4.78, 5) is 31.6. The fourth-order valence-electron chi connectivity index (χ4n) is 1.60. The zero-order chi connectivity index (χ0) is 15.9. The summed E-state index contributed by atoms with van der Waals surface area (Å²) in [6, 6.07) is 17.5. The first-order valence-electron chi connectivity index (χ1n) is 6.30. The smallest absolute Gasteiger partial charge is 0.381 e. The Balaban J connectivity index is 0.00000264. The number of hydrogen-bond acceptors (Lipinski definition) is 6. The molecule has 2 N–H and O–H groups in total. The number of benzene rings is 2. The van der Waals surface area contributed by atoms with Gasteiger partial charge in [0.2, 0.25) is 0 Å². The van der Waals surface area contributed by atoms with Crippen LogP contribution in [-0.2, 0) is 36.4 Å². The van der Waals surface area contributed by atoms with Crippen molar-refractivity contribution in [2.45, 2.75) is 12.2 Å². The van der Waals surface area contributed by atoms with Gasteiger partial charge in [-0.2, -0.15) is 0 Å². The van der Waals surface area contributed by atoms with Crippen LogP contribution in [0.1, 0.15) is 23.3 Å². The van der Waals surface area contributed by atoms with Crippen molar-refractivity contribution in [2.24, 2.45) is 0 Å². The maximum absolute atomic E-state index is 11.6. The first-order chi connectivity index (χ1) is 10.6. The number of carbonyl (C=O) groups excluding carboxylic acids is 2. The average molecular weight is 356 g/mol. The first kappa shape index (κ1) is 18.9. The molecule has 0 radical (unpaired) electrons. The third-order valence-corrected chi connectivity index (χ3v) is 2.74. The maximum Gasteiger partial charge on any atom is 2.00 e. The molecule has 120 valence electrons. The quantitative estimate of drug-likeness (QED) is 0.368. The average Bonchev–Trinajstić information content (AvgIpc) is 2.59. The molecule has 0 saturated carbocycles. The molecule has 2 atom stereocenters. The molecule has 2 aromatic rings. The van der Waals surface area contributed by atoms with Crippen LogP contribution in [0.2, 0.25) is 0 Å². The van der Waals surface area contributed by atoms with Crippen molar-refractivity contribution in [3.05, 3.63) is 71.8 Å². The molecule has 0 aromatic heterocycles. The van der Waals surface area contributed by atoms with Gasteiger partial charge in [-0.05, 0) is 5.56 Å². The van der Waals surface area contributed by atoms with Crippen LogP contribution in [-0.4, -0.2) is 22.2 Å². The Hall–Kier alpha value is -2.18. The minimum Gasteiger partial charge on any atom is -0.381 e. The molecule has 0 fully saturated rings. The van der Waals surface area contributed by atoms with E-state index in [2.05, 4.69) is 21.9 Å². The summed E-state index contributed by atoms with van der Waals surface area (Å²) < 4.78 is 0. The van der Waals surface area contributed by atoms with Gasteiger partial charge in [0.15, 0.2) is 6.10 Å². The van der Waals surface area contributed by atoms with Gasteiger partial charge in [-0.3, -0.25) is 12.1 Å².